The maximum Gasteiger partial charge on any atom is 0.339 e. The van der Waals surface area contributed by atoms with E-state index in [0.29, 0.717) is 5.75 Å². The molecule has 0 spiro atoms. The molecular weight excluding hydrogens is 362 g/mol. The molecule has 2 aromatic rings. The van der Waals surface area contributed by atoms with E-state index in [0.717, 1.165) is 0 Å². The fourth-order valence-corrected chi connectivity index (χ4v) is 3.45. The van der Waals surface area contributed by atoms with Crippen LogP contribution in [0.1, 0.15) is 10.4 Å². The second kappa shape index (κ2) is 7.48. The van der Waals surface area contributed by atoms with Crippen molar-refractivity contribution in [2.24, 2.45) is 0 Å². The van der Waals surface area contributed by atoms with E-state index in [1.807, 2.05) is 0 Å². The Balaban J connectivity index is 2.47. The predicted octanol–water partition coefficient (Wildman–Crippen LogP) is 1.66. The molecule has 0 radical (unpaired) electrons. The van der Waals surface area contributed by atoms with Crippen molar-refractivity contribution in [1.82, 2.24) is 4.98 Å². The van der Waals surface area contributed by atoms with Gasteiger partial charge in [0, 0.05) is 20.2 Å². The highest BCUT2D eigenvalue weighted by Gasteiger charge is 2.22. The largest absolute Gasteiger partial charge is 0.497 e. The molecule has 9 nitrogen and oxygen atoms in total. The van der Waals surface area contributed by atoms with Crippen LogP contribution >= 0.6 is 0 Å². The van der Waals surface area contributed by atoms with Crippen LogP contribution in [0.4, 0.5) is 11.5 Å². The summed E-state index contributed by atoms with van der Waals surface area (Å²) in [5.41, 5.74) is -0.120. The topological polar surface area (TPSA) is 118 Å². The van der Waals surface area contributed by atoms with E-state index in [-0.39, 0.29) is 27.7 Å². The number of carbonyl (C=O) groups is 1. The Morgan fingerprint density at radius 3 is 2.42 bits per heavy atom. The SMILES string of the molecule is COc1ccc(OC)c(S(=O)(=O)Nc2cnc(N(C)C)c(C(=O)O)c2)c1. The number of methoxy groups -OCH3 is 2. The fraction of sp³-hybridized carbons (Fsp3) is 0.250. The number of nitrogens with zero attached hydrogens (tertiary/aromatic N) is 2. The van der Waals surface area contributed by atoms with Crippen LogP contribution in [0, 0.1) is 0 Å². The van der Waals surface area contributed by atoms with Gasteiger partial charge in [-0.05, 0) is 18.2 Å². The smallest absolute Gasteiger partial charge is 0.339 e. The monoisotopic (exact) mass is 381 g/mol. The number of hydrogen-bond acceptors (Lipinski definition) is 7. The van der Waals surface area contributed by atoms with E-state index in [2.05, 4.69) is 9.71 Å². The zero-order valence-corrected chi connectivity index (χ0v) is 15.5. The third-order valence-electron chi connectivity index (χ3n) is 3.43. The van der Waals surface area contributed by atoms with E-state index in [4.69, 9.17) is 9.47 Å². The number of carboxylic acid groups (broad SMARTS) is 1. The molecule has 1 heterocycles. The summed E-state index contributed by atoms with van der Waals surface area (Å²) in [6.45, 7) is 0. The Bertz CT molecular complexity index is 928. The zero-order chi connectivity index (χ0) is 19.5. The Kier molecular flexibility index (Phi) is 5.56. The van der Waals surface area contributed by atoms with Crippen molar-refractivity contribution in [2.45, 2.75) is 4.90 Å². The number of rotatable bonds is 7. The van der Waals surface area contributed by atoms with Gasteiger partial charge >= 0.3 is 5.97 Å². The van der Waals surface area contributed by atoms with E-state index in [9.17, 15) is 18.3 Å². The molecule has 140 valence electrons. The van der Waals surface area contributed by atoms with E-state index >= 15 is 0 Å². The number of anilines is 2. The minimum absolute atomic E-state index is 0.0119. The number of nitrogens with one attached hydrogen (secondary N) is 1. The Morgan fingerprint density at radius 2 is 1.88 bits per heavy atom. The molecular formula is C16H19N3O6S. The van der Waals surface area contributed by atoms with Crippen LogP contribution in [0.25, 0.3) is 0 Å². The van der Waals surface area contributed by atoms with Crippen molar-refractivity contribution in [3.8, 4) is 11.5 Å². The van der Waals surface area contributed by atoms with Gasteiger partial charge in [-0.2, -0.15) is 0 Å². The van der Waals surface area contributed by atoms with Crippen molar-refractivity contribution in [1.29, 1.82) is 0 Å². The molecule has 0 saturated heterocycles. The number of carboxylic acids is 1. The Labute approximate surface area is 151 Å². The summed E-state index contributed by atoms with van der Waals surface area (Å²) in [5.74, 6) is -0.561. The van der Waals surface area contributed by atoms with Gasteiger partial charge in [-0.3, -0.25) is 4.72 Å². The zero-order valence-electron chi connectivity index (χ0n) is 14.7. The van der Waals surface area contributed by atoms with Crippen molar-refractivity contribution in [3.05, 3.63) is 36.0 Å². The molecule has 0 unspecified atom stereocenters. The summed E-state index contributed by atoms with van der Waals surface area (Å²) in [4.78, 5) is 16.8. The molecule has 10 heteroatoms. The van der Waals surface area contributed by atoms with Gasteiger partial charge in [-0.1, -0.05) is 0 Å². The molecule has 0 aliphatic heterocycles. The second-order valence-corrected chi connectivity index (χ2v) is 7.07. The van der Waals surface area contributed by atoms with E-state index in [1.54, 1.807) is 20.2 Å². The minimum atomic E-state index is -4.07. The summed E-state index contributed by atoms with van der Waals surface area (Å²) in [7, 11) is 1.97. The van der Waals surface area contributed by atoms with E-state index in [1.165, 1.54) is 43.5 Å². The van der Waals surface area contributed by atoms with E-state index < -0.39 is 16.0 Å². The van der Waals surface area contributed by atoms with Crippen molar-refractivity contribution in [2.75, 3.05) is 37.9 Å². The fourth-order valence-electron chi connectivity index (χ4n) is 2.23. The van der Waals surface area contributed by atoms with Gasteiger partial charge in [-0.25, -0.2) is 18.2 Å². The molecule has 0 aliphatic rings. The van der Waals surface area contributed by atoms with Crippen LogP contribution < -0.4 is 19.1 Å². The predicted molar refractivity (Wildman–Crippen MR) is 95.9 cm³/mol. The first-order valence-corrected chi connectivity index (χ1v) is 8.83. The van der Waals surface area contributed by atoms with Gasteiger partial charge < -0.3 is 19.5 Å². The summed E-state index contributed by atoms with van der Waals surface area (Å²) in [6, 6.07) is 5.53. The molecule has 1 aromatic carbocycles. The third-order valence-corrected chi connectivity index (χ3v) is 4.84. The van der Waals surface area contributed by atoms with Crippen LogP contribution in [-0.2, 0) is 10.0 Å². The van der Waals surface area contributed by atoms with Crippen LogP contribution in [0.2, 0.25) is 0 Å². The molecule has 2 N–H and O–H groups in total. The first kappa shape index (κ1) is 19.3. The molecule has 0 amide bonds. The average Bonchev–Trinajstić information content (AvgIpc) is 2.60. The lowest BCUT2D eigenvalue weighted by molar-refractivity contribution is 0.0697. The highest BCUT2D eigenvalue weighted by Crippen LogP contribution is 2.30. The third kappa shape index (κ3) is 3.97. The van der Waals surface area contributed by atoms with Gasteiger partial charge in [0.2, 0.25) is 0 Å². The molecule has 0 bridgehead atoms. The normalized spacial score (nSPS) is 10.9. The van der Waals surface area contributed by atoms with Crippen molar-refractivity contribution in [3.63, 3.8) is 0 Å². The van der Waals surface area contributed by atoms with Gasteiger partial charge in [0.05, 0.1) is 26.1 Å². The molecule has 2 rings (SSSR count). The molecule has 0 aliphatic carbocycles. The highest BCUT2D eigenvalue weighted by molar-refractivity contribution is 7.92. The van der Waals surface area contributed by atoms with Crippen molar-refractivity contribution >= 4 is 27.5 Å². The lowest BCUT2D eigenvalue weighted by atomic mass is 10.2. The number of sulfonamides is 1. The number of aromatic nitrogens is 1. The first-order valence-electron chi connectivity index (χ1n) is 7.35. The Morgan fingerprint density at radius 1 is 1.19 bits per heavy atom. The molecule has 0 atom stereocenters. The van der Waals surface area contributed by atoms with Gasteiger partial charge in [0.15, 0.2) is 0 Å². The maximum absolute atomic E-state index is 12.7. The van der Waals surface area contributed by atoms with Crippen LogP contribution in [0.15, 0.2) is 35.4 Å². The number of hydrogen-bond donors (Lipinski definition) is 2. The summed E-state index contributed by atoms with van der Waals surface area (Å²) in [5, 5.41) is 9.32. The first-order chi connectivity index (χ1) is 12.2. The number of ether oxygens (including phenoxy) is 2. The standard InChI is InChI=1S/C16H19N3O6S/c1-19(2)15-12(16(20)21)7-10(9-17-15)18-26(22,23)14-8-11(24-3)5-6-13(14)25-4/h5-9,18H,1-4H3,(H,20,21). The molecule has 1 aromatic heterocycles. The highest BCUT2D eigenvalue weighted by atomic mass is 32.2. The molecule has 26 heavy (non-hydrogen) atoms. The number of aromatic carboxylic acids is 1. The molecule has 0 fully saturated rings. The maximum atomic E-state index is 12.7. The molecule has 0 saturated carbocycles. The van der Waals surface area contributed by atoms with Crippen LogP contribution in [-0.4, -0.2) is 52.8 Å². The Hall–Kier alpha value is -3.01. The number of pyridine rings is 1. The minimum Gasteiger partial charge on any atom is -0.497 e. The van der Waals surface area contributed by atoms with Gasteiger partial charge in [-0.15, -0.1) is 0 Å². The lowest BCUT2D eigenvalue weighted by Gasteiger charge is -2.16. The second-order valence-electron chi connectivity index (χ2n) is 5.42. The summed E-state index contributed by atoms with van der Waals surface area (Å²) in [6.07, 6.45) is 1.24. The van der Waals surface area contributed by atoms with Crippen molar-refractivity contribution < 1.29 is 27.8 Å². The number of benzene rings is 1. The lowest BCUT2D eigenvalue weighted by Crippen LogP contribution is -2.18. The van der Waals surface area contributed by atoms with Crippen LogP contribution in [0.5, 0.6) is 11.5 Å². The summed E-state index contributed by atoms with van der Waals surface area (Å²) < 4.78 is 37.9. The van der Waals surface area contributed by atoms with Gasteiger partial charge in [0.1, 0.15) is 27.8 Å². The summed E-state index contributed by atoms with van der Waals surface area (Å²) >= 11 is 0. The van der Waals surface area contributed by atoms with Gasteiger partial charge in [0.25, 0.3) is 10.0 Å². The van der Waals surface area contributed by atoms with Crippen LogP contribution in [0.3, 0.4) is 0 Å². The quantitative estimate of drug-likeness (QED) is 0.743. The average molecular weight is 381 g/mol.